The van der Waals surface area contributed by atoms with E-state index in [0.29, 0.717) is 0 Å². The number of aryl methyl sites for hydroxylation is 2. The molecule has 10 heteroatoms. The first kappa shape index (κ1) is 17.7. The van der Waals surface area contributed by atoms with Crippen molar-refractivity contribution in [2.45, 2.75) is 13.8 Å². The summed E-state index contributed by atoms with van der Waals surface area (Å²) < 4.78 is 0. The largest absolute Gasteiger partial charge is 0.306 e. The van der Waals surface area contributed by atoms with E-state index in [1.165, 1.54) is 24.5 Å². The zero-order valence-electron chi connectivity index (χ0n) is 11.5. The predicted molar refractivity (Wildman–Crippen MR) is 81.3 cm³/mol. The van der Waals surface area contributed by atoms with Crippen molar-refractivity contribution in [3.63, 3.8) is 0 Å². The summed E-state index contributed by atoms with van der Waals surface area (Å²) in [5.41, 5.74) is 1.15. The van der Waals surface area contributed by atoms with Gasteiger partial charge in [0.2, 0.25) is 10.3 Å². The molecule has 0 spiro atoms. The Morgan fingerprint density at radius 3 is 1.41 bits per heavy atom. The highest BCUT2D eigenvalue weighted by Gasteiger charge is 2.12. The van der Waals surface area contributed by atoms with Gasteiger partial charge in [0.1, 0.15) is 0 Å². The molecule has 0 N–H and O–H groups in total. The molecule has 0 aliphatic heterocycles. The van der Waals surface area contributed by atoms with Crippen LogP contribution in [0.2, 0.25) is 10.3 Å². The summed E-state index contributed by atoms with van der Waals surface area (Å²) in [6.07, 6.45) is 2.96. The minimum Gasteiger partial charge on any atom is -0.258 e. The molecule has 22 heavy (non-hydrogen) atoms. The van der Waals surface area contributed by atoms with Crippen LogP contribution in [0.1, 0.15) is 11.1 Å². The summed E-state index contributed by atoms with van der Waals surface area (Å²) in [6.45, 7) is 3.44. The van der Waals surface area contributed by atoms with E-state index in [0.717, 1.165) is 11.1 Å². The van der Waals surface area contributed by atoms with Crippen molar-refractivity contribution in [2.75, 3.05) is 0 Å². The third-order valence-corrected chi connectivity index (χ3v) is 2.89. The van der Waals surface area contributed by atoms with E-state index < -0.39 is 9.85 Å². The average molecular weight is 345 g/mol. The van der Waals surface area contributed by atoms with Gasteiger partial charge in [0.05, 0.1) is 9.85 Å². The monoisotopic (exact) mass is 344 g/mol. The van der Waals surface area contributed by atoms with Crippen LogP contribution in [-0.4, -0.2) is 19.8 Å². The molecule has 0 radical (unpaired) electrons. The van der Waals surface area contributed by atoms with Crippen molar-refractivity contribution in [1.29, 1.82) is 0 Å². The van der Waals surface area contributed by atoms with E-state index in [2.05, 4.69) is 9.97 Å². The van der Waals surface area contributed by atoms with Crippen LogP contribution in [-0.2, 0) is 0 Å². The highest BCUT2D eigenvalue weighted by molar-refractivity contribution is 6.31. The maximum atomic E-state index is 10.3. The van der Waals surface area contributed by atoms with Gasteiger partial charge in [-0.05, 0) is 25.0 Å². The fourth-order valence-corrected chi connectivity index (χ4v) is 1.67. The molecule has 2 aromatic heterocycles. The lowest BCUT2D eigenvalue weighted by molar-refractivity contribution is -0.385. The van der Waals surface area contributed by atoms with Crippen molar-refractivity contribution < 1.29 is 9.85 Å². The molecule has 0 aliphatic carbocycles. The molecular weight excluding hydrogens is 335 g/mol. The standard InChI is InChI=1S/2C6H5ClN2O2/c2*1-4-2-5(9(10)11)6(7)8-3-4/h2*2-3H,1H3. The molecule has 2 rings (SSSR count). The number of hydrogen-bond acceptors (Lipinski definition) is 6. The first-order chi connectivity index (χ1) is 10.2. The fraction of sp³-hybridized carbons (Fsp3) is 0.167. The number of hydrogen-bond donors (Lipinski definition) is 0. The first-order valence-corrected chi connectivity index (χ1v) is 6.51. The smallest absolute Gasteiger partial charge is 0.258 e. The highest BCUT2D eigenvalue weighted by Crippen LogP contribution is 2.22. The molecule has 8 nitrogen and oxygen atoms in total. The molecule has 0 atom stereocenters. The number of halogens is 2. The first-order valence-electron chi connectivity index (χ1n) is 5.75. The van der Waals surface area contributed by atoms with Crippen LogP contribution in [0.25, 0.3) is 0 Å². The Morgan fingerprint density at radius 1 is 0.864 bits per heavy atom. The number of rotatable bonds is 2. The van der Waals surface area contributed by atoms with Gasteiger partial charge in [-0.1, -0.05) is 23.2 Å². The van der Waals surface area contributed by atoms with Crippen LogP contribution < -0.4 is 0 Å². The third kappa shape index (κ3) is 4.90. The van der Waals surface area contributed by atoms with Crippen LogP contribution in [0, 0.1) is 34.1 Å². The molecule has 0 bridgehead atoms. The van der Waals surface area contributed by atoms with Crippen molar-refractivity contribution in [3.8, 4) is 0 Å². The quantitative estimate of drug-likeness (QED) is 0.463. The van der Waals surface area contributed by atoms with Gasteiger partial charge in [-0.2, -0.15) is 0 Å². The third-order valence-electron chi connectivity index (χ3n) is 2.31. The van der Waals surface area contributed by atoms with Gasteiger partial charge < -0.3 is 0 Å². The van der Waals surface area contributed by atoms with Gasteiger partial charge in [0.15, 0.2) is 0 Å². The lowest BCUT2D eigenvalue weighted by atomic mass is 10.3. The minimum atomic E-state index is -0.553. The van der Waals surface area contributed by atoms with Crippen LogP contribution in [0.3, 0.4) is 0 Å². The Balaban J connectivity index is 0.000000220. The maximum Gasteiger partial charge on any atom is 0.306 e. The Labute approximate surface area is 135 Å². The van der Waals surface area contributed by atoms with Crippen LogP contribution in [0.5, 0.6) is 0 Å². The second-order valence-electron chi connectivity index (χ2n) is 4.16. The molecule has 116 valence electrons. The molecule has 2 heterocycles. The van der Waals surface area contributed by atoms with Crippen molar-refractivity contribution in [1.82, 2.24) is 9.97 Å². The zero-order chi connectivity index (χ0) is 16.9. The molecule has 0 aliphatic rings. The van der Waals surface area contributed by atoms with Crippen molar-refractivity contribution in [2.24, 2.45) is 0 Å². The summed E-state index contributed by atoms with van der Waals surface area (Å²) in [5, 5.41) is 20.4. The Kier molecular flexibility index (Phi) is 6.14. The molecule has 0 aromatic carbocycles. The molecular formula is C12H10Cl2N4O4. The molecule has 0 saturated heterocycles. The highest BCUT2D eigenvalue weighted by atomic mass is 35.5. The summed E-state index contributed by atoms with van der Waals surface area (Å²) >= 11 is 10.9. The minimum absolute atomic E-state index is 0.0689. The summed E-state index contributed by atoms with van der Waals surface area (Å²) in [5.74, 6) is 0. The van der Waals surface area contributed by atoms with Gasteiger partial charge in [-0.3, -0.25) is 20.2 Å². The van der Waals surface area contributed by atoms with Crippen LogP contribution >= 0.6 is 23.2 Å². The van der Waals surface area contributed by atoms with Gasteiger partial charge >= 0.3 is 11.4 Å². The summed E-state index contributed by atoms with van der Waals surface area (Å²) in [4.78, 5) is 26.7. The number of nitro groups is 2. The molecule has 0 amide bonds. The van der Waals surface area contributed by atoms with Gasteiger partial charge in [0.25, 0.3) is 0 Å². The van der Waals surface area contributed by atoms with Crippen molar-refractivity contribution >= 4 is 34.6 Å². The molecule has 0 unspecified atom stereocenters. The summed E-state index contributed by atoms with van der Waals surface area (Å²) in [6, 6.07) is 2.77. The van der Waals surface area contributed by atoms with Crippen LogP contribution in [0.4, 0.5) is 11.4 Å². The average Bonchev–Trinajstić information content (AvgIpc) is 2.44. The Bertz CT molecular complexity index is 663. The number of aromatic nitrogens is 2. The van der Waals surface area contributed by atoms with E-state index in [9.17, 15) is 20.2 Å². The van der Waals surface area contributed by atoms with E-state index in [4.69, 9.17) is 23.2 Å². The molecule has 0 fully saturated rings. The number of nitrogens with zero attached hydrogens (tertiary/aromatic N) is 4. The SMILES string of the molecule is Cc1cnc(Cl)c([N+](=O)[O-])c1.Cc1cnc(Cl)c([N+](=O)[O-])c1. The fourth-order valence-electron chi connectivity index (χ4n) is 1.33. The number of pyridine rings is 2. The van der Waals surface area contributed by atoms with E-state index >= 15 is 0 Å². The van der Waals surface area contributed by atoms with E-state index in [1.807, 2.05) is 0 Å². The normalized spacial score (nSPS) is 9.64. The van der Waals surface area contributed by atoms with Crippen LogP contribution in [0.15, 0.2) is 24.5 Å². The lowest BCUT2D eigenvalue weighted by Gasteiger charge is -1.94. The molecule has 2 aromatic rings. The van der Waals surface area contributed by atoms with Crippen molar-refractivity contribution in [3.05, 3.63) is 66.2 Å². The lowest BCUT2D eigenvalue weighted by Crippen LogP contribution is -1.91. The van der Waals surface area contributed by atoms with Gasteiger partial charge in [-0.25, -0.2) is 9.97 Å². The van der Waals surface area contributed by atoms with E-state index in [1.54, 1.807) is 13.8 Å². The zero-order valence-corrected chi connectivity index (χ0v) is 13.0. The van der Waals surface area contributed by atoms with E-state index in [-0.39, 0.29) is 21.7 Å². The second kappa shape index (κ2) is 7.62. The summed E-state index contributed by atoms with van der Waals surface area (Å²) in [7, 11) is 0. The molecule has 0 saturated carbocycles. The van der Waals surface area contributed by atoms with Gasteiger partial charge in [0, 0.05) is 24.5 Å². The Morgan fingerprint density at radius 2 is 1.18 bits per heavy atom. The predicted octanol–water partition coefficient (Wildman–Crippen LogP) is 3.90. The van der Waals surface area contributed by atoms with Gasteiger partial charge in [-0.15, -0.1) is 0 Å². The second-order valence-corrected chi connectivity index (χ2v) is 4.88. The Hall–Kier alpha value is -2.32. The maximum absolute atomic E-state index is 10.3. The topological polar surface area (TPSA) is 112 Å².